The van der Waals surface area contributed by atoms with E-state index in [-0.39, 0.29) is 0 Å². The summed E-state index contributed by atoms with van der Waals surface area (Å²) in [5.74, 6) is 2.07. The molecule has 0 aromatic carbocycles. The van der Waals surface area contributed by atoms with Crippen molar-refractivity contribution in [2.75, 3.05) is 6.54 Å². The van der Waals surface area contributed by atoms with Crippen LogP contribution in [0.2, 0.25) is 0 Å². The van der Waals surface area contributed by atoms with E-state index in [2.05, 4.69) is 12.2 Å². The Morgan fingerprint density at radius 3 is 1.88 bits per heavy atom. The van der Waals surface area contributed by atoms with E-state index in [1.54, 1.807) is 0 Å². The van der Waals surface area contributed by atoms with Crippen molar-refractivity contribution in [3.8, 4) is 0 Å². The summed E-state index contributed by atoms with van der Waals surface area (Å²) >= 11 is 0. The van der Waals surface area contributed by atoms with Gasteiger partial charge in [0.05, 0.1) is 0 Å². The summed E-state index contributed by atoms with van der Waals surface area (Å²) in [6.07, 6.45) is 14.9. The fourth-order valence-electron chi connectivity index (χ4n) is 4.09. The van der Waals surface area contributed by atoms with E-state index in [1.807, 2.05) is 0 Å². The molecule has 0 unspecified atom stereocenters. The molecule has 0 spiro atoms. The van der Waals surface area contributed by atoms with Gasteiger partial charge in [-0.3, -0.25) is 0 Å². The molecule has 0 atom stereocenters. The largest absolute Gasteiger partial charge is 0.313 e. The van der Waals surface area contributed by atoms with Crippen molar-refractivity contribution >= 4 is 0 Å². The average Bonchev–Trinajstić information content (AvgIpc) is 2.57. The zero-order valence-corrected chi connectivity index (χ0v) is 11.5. The van der Waals surface area contributed by atoms with Crippen molar-refractivity contribution in [3.05, 3.63) is 0 Å². The lowest BCUT2D eigenvalue weighted by atomic mass is 9.68. The van der Waals surface area contributed by atoms with Gasteiger partial charge in [0.15, 0.2) is 0 Å². The SMILES string of the molecule is CC1(CNC(C2CCC2)C2CCC2)CCCC1. The van der Waals surface area contributed by atoms with Gasteiger partial charge in [0.1, 0.15) is 0 Å². The van der Waals surface area contributed by atoms with Gasteiger partial charge < -0.3 is 5.32 Å². The minimum atomic E-state index is 0.631. The molecule has 3 aliphatic rings. The lowest BCUT2D eigenvalue weighted by Crippen LogP contribution is -2.49. The third-order valence-corrected chi connectivity index (χ3v) is 5.89. The molecule has 3 fully saturated rings. The van der Waals surface area contributed by atoms with Crippen LogP contribution in [0.25, 0.3) is 0 Å². The van der Waals surface area contributed by atoms with E-state index in [9.17, 15) is 0 Å². The van der Waals surface area contributed by atoms with Crippen molar-refractivity contribution in [2.24, 2.45) is 17.3 Å². The molecule has 0 radical (unpaired) electrons. The Morgan fingerprint density at radius 2 is 1.47 bits per heavy atom. The van der Waals surface area contributed by atoms with Crippen LogP contribution < -0.4 is 5.32 Å². The molecular weight excluding hydrogens is 206 g/mol. The smallest absolute Gasteiger partial charge is 0.0124 e. The highest BCUT2D eigenvalue weighted by Crippen LogP contribution is 2.42. The second-order valence-corrected chi connectivity index (χ2v) is 7.31. The van der Waals surface area contributed by atoms with Crippen LogP contribution in [0.5, 0.6) is 0 Å². The fourth-order valence-corrected chi connectivity index (χ4v) is 4.09. The maximum Gasteiger partial charge on any atom is 0.0124 e. The summed E-state index contributed by atoms with van der Waals surface area (Å²) < 4.78 is 0. The van der Waals surface area contributed by atoms with E-state index in [0.29, 0.717) is 5.41 Å². The Hall–Kier alpha value is -0.0400. The molecule has 0 aromatic heterocycles. The third kappa shape index (κ3) is 2.54. The van der Waals surface area contributed by atoms with Gasteiger partial charge in [-0.2, -0.15) is 0 Å². The molecule has 3 rings (SSSR count). The average molecular weight is 235 g/mol. The summed E-state index contributed by atoms with van der Waals surface area (Å²) in [6.45, 7) is 3.80. The molecule has 98 valence electrons. The molecule has 1 nitrogen and oxygen atoms in total. The Bertz CT molecular complexity index is 232. The number of hydrogen-bond acceptors (Lipinski definition) is 1. The highest BCUT2D eigenvalue weighted by molar-refractivity contribution is 4.93. The van der Waals surface area contributed by atoms with Crippen molar-refractivity contribution in [1.82, 2.24) is 5.32 Å². The first kappa shape index (κ1) is 12.0. The van der Waals surface area contributed by atoms with Crippen LogP contribution in [0.15, 0.2) is 0 Å². The summed E-state index contributed by atoms with van der Waals surface area (Å²) in [5.41, 5.74) is 0.631. The van der Waals surface area contributed by atoms with E-state index >= 15 is 0 Å². The van der Waals surface area contributed by atoms with Crippen molar-refractivity contribution in [1.29, 1.82) is 0 Å². The molecule has 3 saturated carbocycles. The minimum absolute atomic E-state index is 0.631. The Morgan fingerprint density at radius 1 is 0.941 bits per heavy atom. The Labute approximate surface area is 107 Å². The molecule has 1 N–H and O–H groups in total. The summed E-state index contributed by atoms with van der Waals surface area (Å²) in [6, 6.07) is 0.884. The van der Waals surface area contributed by atoms with Gasteiger partial charge in [-0.05, 0) is 55.8 Å². The van der Waals surface area contributed by atoms with Crippen molar-refractivity contribution in [2.45, 2.75) is 77.2 Å². The normalized spacial score (nSPS) is 29.3. The van der Waals surface area contributed by atoms with Crippen LogP contribution in [-0.4, -0.2) is 12.6 Å². The predicted octanol–water partition coefficient (Wildman–Crippen LogP) is 4.13. The highest BCUT2D eigenvalue weighted by Gasteiger charge is 2.37. The maximum absolute atomic E-state index is 4.01. The van der Waals surface area contributed by atoms with Gasteiger partial charge in [-0.15, -0.1) is 0 Å². The van der Waals surface area contributed by atoms with Gasteiger partial charge in [0, 0.05) is 12.6 Å². The summed E-state index contributed by atoms with van der Waals surface area (Å²) in [5, 5.41) is 4.01. The molecule has 0 heterocycles. The third-order valence-electron chi connectivity index (χ3n) is 5.89. The number of hydrogen-bond donors (Lipinski definition) is 1. The van der Waals surface area contributed by atoms with E-state index < -0.39 is 0 Å². The standard InChI is InChI=1S/C16H29N/c1-16(10-2-3-11-16)12-17-15(13-6-4-7-13)14-8-5-9-14/h13-15,17H,2-12H2,1H3. The molecule has 0 aliphatic heterocycles. The van der Waals surface area contributed by atoms with Crippen LogP contribution in [0.1, 0.15) is 71.1 Å². The Kier molecular flexibility index (Phi) is 3.47. The molecule has 0 aromatic rings. The molecule has 0 bridgehead atoms. The van der Waals surface area contributed by atoms with Crippen LogP contribution >= 0.6 is 0 Å². The van der Waals surface area contributed by atoms with Crippen LogP contribution in [0.3, 0.4) is 0 Å². The van der Waals surface area contributed by atoms with Crippen LogP contribution in [0, 0.1) is 17.3 Å². The first-order valence-electron chi connectivity index (χ1n) is 8.00. The lowest BCUT2D eigenvalue weighted by molar-refractivity contribution is 0.111. The lowest BCUT2D eigenvalue weighted by Gasteiger charge is -2.44. The topological polar surface area (TPSA) is 12.0 Å². The molecule has 17 heavy (non-hydrogen) atoms. The van der Waals surface area contributed by atoms with Gasteiger partial charge in [-0.1, -0.05) is 32.6 Å². The zero-order valence-electron chi connectivity index (χ0n) is 11.5. The second-order valence-electron chi connectivity index (χ2n) is 7.31. The number of rotatable bonds is 5. The Balaban J connectivity index is 1.52. The van der Waals surface area contributed by atoms with E-state index in [4.69, 9.17) is 0 Å². The first-order valence-corrected chi connectivity index (χ1v) is 8.00. The van der Waals surface area contributed by atoms with Crippen molar-refractivity contribution < 1.29 is 0 Å². The summed E-state index contributed by atoms with van der Waals surface area (Å²) in [7, 11) is 0. The fraction of sp³-hybridized carbons (Fsp3) is 1.00. The van der Waals surface area contributed by atoms with Gasteiger partial charge in [0.25, 0.3) is 0 Å². The monoisotopic (exact) mass is 235 g/mol. The zero-order chi connectivity index (χ0) is 11.7. The first-order chi connectivity index (χ1) is 8.27. The quantitative estimate of drug-likeness (QED) is 0.755. The van der Waals surface area contributed by atoms with E-state index in [0.717, 1.165) is 17.9 Å². The summed E-state index contributed by atoms with van der Waals surface area (Å²) in [4.78, 5) is 0. The van der Waals surface area contributed by atoms with Gasteiger partial charge >= 0.3 is 0 Å². The highest BCUT2D eigenvalue weighted by atomic mass is 14.9. The molecule has 0 amide bonds. The molecular formula is C16H29N. The maximum atomic E-state index is 4.01. The van der Waals surface area contributed by atoms with Crippen molar-refractivity contribution in [3.63, 3.8) is 0 Å². The predicted molar refractivity (Wildman–Crippen MR) is 73.0 cm³/mol. The number of nitrogens with one attached hydrogen (secondary N) is 1. The molecule has 0 saturated heterocycles. The second kappa shape index (κ2) is 4.91. The minimum Gasteiger partial charge on any atom is -0.313 e. The van der Waals surface area contributed by atoms with Crippen LogP contribution in [-0.2, 0) is 0 Å². The van der Waals surface area contributed by atoms with Crippen LogP contribution in [0.4, 0.5) is 0 Å². The van der Waals surface area contributed by atoms with Gasteiger partial charge in [0.2, 0.25) is 0 Å². The van der Waals surface area contributed by atoms with Gasteiger partial charge in [-0.25, -0.2) is 0 Å². The van der Waals surface area contributed by atoms with E-state index in [1.165, 1.54) is 70.8 Å². The molecule has 1 heteroatoms. The molecule has 3 aliphatic carbocycles.